The molecule has 2 aliphatic rings. The van der Waals surface area contributed by atoms with Crippen LogP contribution in [-0.4, -0.2) is 23.8 Å². The lowest BCUT2D eigenvalue weighted by molar-refractivity contribution is -0.120. The van der Waals surface area contributed by atoms with Crippen molar-refractivity contribution in [1.82, 2.24) is 5.32 Å². The first-order chi connectivity index (χ1) is 15.0. The fourth-order valence-corrected chi connectivity index (χ4v) is 4.29. The van der Waals surface area contributed by atoms with Gasteiger partial charge in [-0.25, -0.2) is 4.90 Å². The first kappa shape index (κ1) is 21.4. The number of imide groups is 1. The molecule has 1 aliphatic heterocycles. The molecule has 2 aromatic rings. The quantitative estimate of drug-likeness (QED) is 0.629. The van der Waals surface area contributed by atoms with Crippen molar-refractivity contribution in [2.45, 2.75) is 38.1 Å². The van der Waals surface area contributed by atoms with Crippen molar-refractivity contribution in [3.8, 4) is 0 Å². The molecule has 160 valence electrons. The van der Waals surface area contributed by atoms with Crippen LogP contribution in [-0.2, 0) is 9.59 Å². The van der Waals surface area contributed by atoms with E-state index in [2.05, 4.69) is 10.6 Å². The lowest BCUT2D eigenvalue weighted by atomic mass is 9.95. The Morgan fingerprint density at radius 2 is 1.68 bits per heavy atom. The molecule has 8 heteroatoms. The number of hydrogen-bond acceptors (Lipinski definition) is 4. The molecule has 1 heterocycles. The maximum atomic E-state index is 12.9. The maximum Gasteiger partial charge on any atom is 0.283 e. The summed E-state index contributed by atoms with van der Waals surface area (Å²) in [4.78, 5) is 39.1. The summed E-state index contributed by atoms with van der Waals surface area (Å²) in [5.41, 5.74) is 1.14. The average Bonchev–Trinajstić information content (AvgIpc) is 2.98. The van der Waals surface area contributed by atoms with E-state index in [1.54, 1.807) is 48.5 Å². The summed E-state index contributed by atoms with van der Waals surface area (Å²) in [6.45, 7) is 0. The predicted octanol–water partition coefficient (Wildman–Crippen LogP) is 4.84. The fraction of sp³-hybridized carbons (Fsp3) is 0.261. The van der Waals surface area contributed by atoms with Crippen molar-refractivity contribution in [3.63, 3.8) is 0 Å². The molecule has 0 saturated heterocycles. The van der Waals surface area contributed by atoms with Crippen molar-refractivity contribution in [2.24, 2.45) is 0 Å². The molecule has 1 saturated carbocycles. The second-order valence-electron chi connectivity index (χ2n) is 7.60. The summed E-state index contributed by atoms with van der Waals surface area (Å²) in [6, 6.07) is 13.5. The molecule has 3 amide bonds. The second-order valence-corrected chi connectivity index (χ2v) is 8.39. The van der Waals surface area contributed by atoms with Crippen LogP contribution in [0.15, 0.2) is 59.3 Å². The highest BCUT2D eigenvalue weighted by molar-refractivity contribution is 6.53. The Balaban J connectivity index is 1.52. The Hall–Kier alpha value is -2.83. The molecule has 0 unspecified atom stereocenters. The number of halogens is 2. The molecule has 0 spiro atoms. The highest BCUT2D eigenvalue weighted by atomic mass is 35.5. The van der Waals surface area contributed by atoms with Gasteiger partial charge in [0, 0.05) is 17.3 Å². The van der Waals surface area contributed by atoms with E-state index >= 15 is 0 Å². The van der Waals surface area contributed by atoms with Gasteiger partial charge in [-0.1, -0.05) is 60.7 Å². The Morgan fingerprint density at radius 1 is 0.935 bits per heavy atom. The zero-order chi connectivity index (χ0) is 22.0. The molecule has 0 bridgehead atoms. The number of rotatable bonds is 5. The van der Waals surface area contributed by atoms with Crippen LogP contribution in [0.2, 0.25) is 5.02 Å². The van der Waals surface area contributed by atoms with Gasteiger partial charge in [0.15, 0.2) is 0 Å². The zero-order valence-electron chi connectivity index (χ0n) is 16.7. The maximum absolute atomic E-state index is 12.9. The minimum Gasteiger partial charge on any atom is -0.350 e. The zero-order valence-corrected chi connectivity index (χ0v) is 18.2. The number of para-hydroxylation sites is 1. The number of amides is 3. The molecule has 1 fully saturated rings. The van der Waals surface area contributed by atoms with Crippen molar-refractivity contribution in [1.29, 1.82) is 0 Å². The molecule has 2 N–H and O–H groups in total. The largest absolute Gasteiger partial charge is 0.350 e. The van der Waals surface area contributed by atoms with E-state index in [-0.39, 0.29) is 33.4 Å². The van der Waals surface area contributed by atoms with Crippen LogP contribution in [0.1, 0.15) is 42.5 Å². The Morgan fingerprint density at radius 3 is 2.42 bits per heavy atom. The van der Waals surface area contributed by atoms with Gasteiger partial charge >= 0.3 is 0 Å². The molecule has 6 nitrogen and oxygen atoms in total. The van der Waals surface area contributed by atoms with Gasteiger partial charge in [0.1, 0.15) is 10.7 Å². The van der Waals surface area contributed by atoms with Gasteiger partial charge < -0.3 is 10.6 Å². The van der Waals surface area contributed by atoms with E-state index in [4.69, 9.17) is 23.2 Å². The van der Waals surface area contributed by atoms with E-state index in [9.17, 15) is 14.4 Å². The SMILES string of the molecule is O=C(NC1CCCCC1)c1cccc(NC2=C(Cl)C(=O)N(c3ccccc3Cl)C2=O)c1. The molecule has 31 heavy (non-hydrogen) atoms. The van der Waals surface area contributed by atoms with Crippen LogP contribution < -0.4 is 15.5 Å². The number of nitrogens with one attached hydrogen (secondary N) is 2. The summed E-state index contributed by atoms with van der Waals surface area (Å²) in [5.74, 6) is -1.43. The summed E-state index contributed by atoms with van der Waals surface area (Å²) in [6.07, 6.45) is 5.43. The van der Waals surface area contributed by atoms with Crippen molar-refractivity contribution >= 4 is 52.3 Å². The van der Waals surface area contributed by atoms with E-state index in [1.807, 2.05) is 0 Å². The fourth-order valence-electron chi connectivity index (χ4n) is 3.86. The third-order valence-corrected chi connectivity index (χ3v) is 6.13. The Kier molecular flexibility index (Phi) is 6.30. The number of carbonyl (C=O) groups excluding carboxylic acids is 3. The van der Waals surface area contributed by atoms with Crippen LogP contribution >= 0.6 is 23.2 Å². The Bertz CT molecular complexity index is 1080. The summed E-state index contributed by atoms with van der Waals surface area (Å²) in [5, 5.41) is 5.99. The highest BCUT2D eigenvalue weighted by Crippen LogP contribution is 2.34. The van der Waals surface area contributed by atoms with Crippen LogP contribution in [0.5, 0.6) is 0 Å². The lowest BCUT2D eigenvalue weighted by Gasteiger charge is -2.22. The standard InChI is InChI=1S/C23H21Cl2N3O3/c24-17-11-4-5-12-18(17)28-22(30)19(25)20(23(28)31)26-16-10-6-7-14(13-16)21(29)27-15-8-2-1-3-9-15/h4-7,10-13,15,26H,1-3,8-9H2,(H,27,29). The van der Waals surface area contributed by atoms with E-state index in [0.717, 1.165) is 30.6 Å². The van der Waals surface area contributed by atoms with Crippen LogP contribution in [0, 0.1) is 0 Å². The molecule has 0 aromatic heterocycles. The van der Waals surface area contributed by atoms with Gasteiger partial charge in [0.2, 0.25) is 0 Å². The third kappa shape index (κ3) is 4.45. The molecule has 1 aliphatic carbocycles. The Labute approximate surface area is 190 Å². The van der Waals surface area contributed by atoms with E-state index in [1.165, 1.54) is 6.42 Å². The number of anilines is 2. The monoisotopic (exact) mass is 457 g/mol. The number of carbonyl (C=O) groups is 3. The average molecular weight is 458 g/mol. The topological polar surface area (TPSA) is 78.5 Å². The molecule has 0 atom stereocenters. The van der Waals surface area contributed by atoms with Crippen molar-refractivity contribution in [2.75, 3.05) is 10.2 Å². The highest BCUT2D eigenvalue weighted by Gasteiger charge is 2.39. The van der Waals surface area contributed by atoms with Crippen molar-refractivity contribution < 1.29 is 14.4 Å². The minimum absolute atomic E-state index is 0.0589. The second kappa shape index (κ2) is 9.12. The lowest BCUT2D eigenvalue weighted by Crippen LogP contribution is -2.36. The number of nitrogens with zero attached hydrogens (tertiary/aromatic N) is 1. The van der Waals surface area contributed by atoms with Gasteiger partial charge in [0.05, 0.1) is 10.7 Å². The molecular weight excluding hydrogens is 437 g/mol. The first-order valence-corrected chi connectivity index (χ1v) is 10.9. The summed E-state index contributed by atoms with van der Waals surface area (Å²) < 4.78 is 0. The minimum atomic E-state index is -0.659. The molecular formula is C23H21Cl2N3O3. The van der Waals surface area contributed by atoms with Crippen LogP contribution in [0.3, 0.4) is 0 Å². The summed E-state index contributed by atoms with van der Waals surface area (Å²) in [7, 11) is 0. The third-order valence-electron chi connectivity index (χ3n) is 5.46. The van der Waals surface area contributed by atoms with Crippen LogP contribution in [0.4, 0.5) is 11.4 Å². The van der Waals surface area contributed by atoms with Crippen LogP contribution in [0.25, 0.3) is 0 Å². The van der Waals surface area contributed by atoms with Crippen molar-refractivity contribution in [3.05, 3.63) is 69.8 Å². The number of benzene rings is 2. The molecule has 2 aromatic carbocycles. The molecule has 0 radical (unpaired) electrons. The number of hydrogen-bond donors (Lipinski definition) is 2. The molecule has 4 rings (SSSR count). The van der Waals surface area contributed by atoms with E-state index in [0.29, 0.717) is 11.3 Å². The van der Waals surface area contributed by atoms with E-state index < -0.39 is 11.8 Å². The first-order valence-electron chi connectivity index (χ1n) is 10.2. The van der Waals surface area contributed by atoms with Gasteiger partial charge in [-0.2, -0.15) is 0 Å². The smallest absolute Gasteiger partial charge is 0.283 e. The predicted molar refractivity (Wildman–Crippen MR) is 121 cm³/mol. The van der Waals surface area contributed by atoms with Gasteiger partial charge in [0.25, 0.3) is 17.7 Å². The van der Waals surface area contributed by atoms with Gasteiger partial charge in [-0.3, -0.25) is 14.4 Å². The summed E-state index contributed by atoms with van der Waals surface area (Å²) >= 11 is 12.3. The normalized spacial score (nSPS) is 17.3. The van der Waals surface area contributed by atoms with Gasteiger partial charge in [-0.15, -0.1) is 0 Å². The van der Waals surface area contributed by atoms with Gasteiger partial charge in [-0.05, 0) is 43.2 Å².